The van der Waals surface area contributed by atoms with E-state index in [1.165, 1.54) is 5.57 Å². The molecule has 0 aliphatic rings. The van der Waals surface area contributed by atoms with Gasteiger partial charge in [0.25, 0.3) is 0 Å². The zero-order valence-corrected chi connectivity index (χ0v) is 14.5. The molecule has 2 aromatic heterocycles. The lowest BCUT2D eigenvalue weighted by molar-refractivity contribution is 0.870. The standard InChI is InChI=1S/C22H23N3/c1-18(21-15-9-10-16-23-21)11-5-2-3-8-14-20-17-24-22(25-20)19-12-6-4-7-13-19/h4,6-17H,2-3,5H2,1H3,(H,24,25)/b14-8+,18-11+. The van der Waals surface area contributed by atoms with Crippen molar-refractivity contribution in [2.75, 3.05) is 0 Å². The minimum atomic E-state index is 0.911. The summed E-state index contributed by atoms with van der Waals surface area (Å²) in [7, 11) is 0. The molecular weight excluding hydrogens is 306 g/mol. The van der Waals surface area contributed by atoms with Crippen LogP contribution in [0.1, 0.15) is 37.6 Å². The minimum absolute atomic E-state index is 0.911. The molecule has 25 heavy (non-hydrogen) atoms. The summed E-state index contributed by atoms with van der Waals surface area (Å²) in [5.41, 5.74) is 4.45. The smallest absolute Gasteiger partial charge is 0.137 e. The summed E-state index contributed by atoms with van der Waals surface area (Å²) in [5.74, 6) is 0.911. The van der Waals surface area contributed by atoms with Crippen LogP contribution in [0.4, 0.5) is 0 Å². The fourth-order valence-electron chi connectivity index (χ4n) is 2.63. The molecule has 0 radical (unpaired) electrons. The third kappa shape index (κ3) is 5.01. The van der Waals surface area contributed by atoms with Gasteiger partial charge in [-0.25, -0.2) is 4.98 Å². The van der Waals surface area contributed by atoms with Crippen molar-refractivity contribution in [3.8, 4) is 11.4 Å². The number of benzene rings is 1. The number of hydrogen-bond acceptors (Lipinski definition) is 2. The molecule has 3 heteroatoms. The van der Waals surface area contributed by atoms with E-state index in [0.717, 1.165) is 42.0 Å². The van der Waals surface area contributed by atoms with Gasteiger partial charge >= 0.3 is 0 Å². The van der Waals surface area contributed by atoms with Gasteiger partial charge in [-0.3, -0.25) is 4.98 Å². The quantitative estimate of drug-likeness (QED) is 0.560. The predicted molar refractivity (Wildman–Crippen MR) is 105 cm³/mol. The number of unbranched alkanes of at least 4 members (excludes halogenated alkanes) is 2. The molecule has 0 saturated carbocycles. The highest BCUT2D eigenvalue weighted by Gasteiger charge is 2.00. The normalized spacial score (nSPS) is 12.0. The van der Waals surface area contributed by atoms with Crippen LogP contribution in [0.3, 0.4) is 0 Å². The maximum Gasteiger partial charge on any atom is 0.137 e. The maximum absolute atomic E-state index is 4.44. The lowest BCUT2D eigenvalue weighted by atomic mass is 10.1. The van der Waals surface area contributed by atoms with Crippen molar-refractivity contribution in [3.05, 3.63) is 84.5 Å². The molecule has 1 N–H and O–H groups in total. The molecule has 0 saturated heterocycles. The molecule has 2 heterocycles. The van der Waals surface area contributed by atoms with Gasteiger partial charge in [-0.15, -0.1) is 0 Å². The predicted octanol–water partition coefficient (Wildman–Crippen LogP) is 5.76. The molecule has 3 rings (SSSR count). The summed E-state index contributed by atoms with van der Waals surface area (Å²) >= 11 is 0. The molecule has 3 nitrogen and oxygen atoms in total. The summed E-state index contributed by atoms with van der Waals surface area (Å²) in [5, 5.41) is 0. The molecule has 0 fully saturated rings. The van der Waals surface area contributed by atoms with Crippen LogP contribution in [-0.2, 0) is 0 Å². The van der Waals surface area contributed by atoms with Gasteiger partial charge in [0.15, 0.2) is 0 Å². The highest BCUT2D eigenvalue weighted by molar-refractivity contribution is 5.60. The van der Waals surface area contributed by atoms with Gasteiger partial charge in [-0.05, 0) is 50.0 Å². The van der Waals surface area contributed by atoms with E-state index in [2.05, 4.69) is 52.2 Å². The van der Waals surface area contributed by atoms with E-state index in [0.29, 0.717) is 0 Å². The van der Waals surface area contributed by atoms with E-state index in [1.54, 1.807) is 0 Å². The van der Waals surface area contributed by atoms with Crippen LogP contribution in [-0.4, -0.2) is 15.0 Å². The molecule has 3 aromatic rings. The fourth-order valence-corrected chi connectivity index (χ4v) is 2.63. The SMILES string of the molecule is C/C(=C\CCC/C=C/c1cnc(-c2ccccc2)[nH]1)c1ccccn1. The zero-order valence-electron chi connectivity index (χ0n) is 14.5. The molecule has 0 spiro atoms. The second-order valence-electron chi connectivity index (χ2n) is 5.99. The van der Waals surface area contributed by atoms with Crippen LogP contribution >= 0.6 is 0 Å². The average Bonchev–Trinajstić information content (AvgIpc) is 3.15. The van der Waals surface area contributed by atoms with E-state index < -0.39 is 0 Å². The Balaban J connectivity index is 1.46. The van der Waals surface area contributed by atoms with Gasteiger partial charge in [0.1, 0.15) is 5.82 Å². The van der Waals surface area contributed by atoms with Gasteiger partial charge in [0, 0.05) is 11.8 Å². The highest BCUT2D eigenvalue weighted by Crippen LogP contribution is 2.16. The van der Waals surface area contributed by atoms with Crippen LogP contribution in [0.5, 0.6) is 0 Å². The van der Waals surface area contributed by atoms with Crippen LogP contribution in [0.2, 0.25) is 0 Å². The first-order valence-corrected chi connectivity index (χ1v) is 8.68. The molecule has 0 amide bonds. The van der Waals surface area contributed by atoms with E-state index in [-0.39, 0.29) is 0 Å². The van der Waals surface area contributed by atoms with Crippen LogP contribution in [0.25, 0.3) is 23.0 Å². The number of allylic oxidation sites excluding steroid dienone is 3. The lowest BCUT2D eigenvalue weighted by Crippen LogP contribution is -1.83. The second-order valence-corrected chi connectivity index (χ2v) is 5.99. The number of hydrogen-bond donors (Lipinski definition) is 1. The van der Waals surface area contributed by atoms with Gasteiger partial charge in [-0.1, -0.05) is 48.6 Å². The topological polar surface area (TPSA) is 41.6 Å². The van der Waals surface area contributed by atoms with Gasteiger partial charge < -0.3 is 4.98 Å². The summed E-state index contributed by atoms with van der Waals surface area (Å²) in [6.07, 6.45) is 13.5. The largest absolute Gasteiger partial charge is 0.338 e. The van der Waals surface area contributed by atoms with Crippen molar-refractivity contribution >= 4 is 11.6 Å². The summed E-state index contributed by atoms with van der Waals surface area (Å²) < 4.78 is 0. The molecule has 0 bridgehead atoms. The number of pyridine rings is 1. The Morgan fingerprint density at radius 1 is 1.00 bits per heavy atom. The van der Waals surface area contributed by atoms with Crippen LogP contribution in [0, 0.1) is 0 Å². The van der Waals surface area contributed by atoms with Crippen LogP contribution < -0.4 is 0 Å². The molecule has 0 aliphatic carbocycles. The first kappa shape index (κ1) is 16.9. The number of nitrogens with one attached hydrogen (secondary N) is 1. The number of nitrogens with zero attached hydrogens (tertiary/aromatic N) is 2. The summed E-state index contributed by atoms with van der Waals surface area (Å²) in [6, 6.07) is 16.2. The Labute approximate surface area is 149 Å². The third-order valence-corrected chi connectivity index (χ3v) is 4.03. The lowest BCUT2D eigenvalue weighted by Gasteiger charge is -1.99. The van der Waals surface area contributed by atoms with E-state index in [1.807, 2.05) is 48.8 Å². The van der Waals surface area contributed by atoms with E-state index >= 15 is 0 Å². The first-order valence-electron chi connectivity index (χ1n) is 8.68. The molecule has 0 unspecified atom stereocenters. The molecule has 1 aromatic carbocycles. The Bertz CT molecular complexity index is 830. The van der Waals surface area contributed by atoms with Crippen molar-refractivity contribution in [2.45, 2.75) is 26.2 Å². The number of aromatic amines is 1. The molecule has 0 atom stereocenters. The first-order chi connectivity index (χ1) is 12.3. The maximum atomic E-state index is 4.44. The molecule has 0 aliphatic heterocycles. The van der Waals surface area contributed by atoms with E-state index in [4.69, 9.17) is 0 Å². The number of H-pyrrole nitrogens is 1. The minimum Gasteiger partial charge on any atom is -0.338 e. The van der Waals surface area contributed by atoms with Crippen LogP contribution in [0.15, 0.2) is 73.1 Å². The van der Waals surface area contributed by atoms with Crippen molar-refractivity contribution in [2.24, 2.45) is 0 Å². The Morgan fingerprint density at radius 3 is 2.64 bits per heavy atom. The van der Waals surface area contributed by atoms with Gasteiger partial charge in [-0.2, -0.15) is 0 Å². The zero-order chi connectivity index (χ0) is 17.3. The average molecular weight is 329 g/mol. The van der Waals surface area contributed by atoms with Crippen molar-refractivity contribution in [1.29, 1.82) is 0 Å². The second kappa shape index (κ2) is 8.78. The number of imidazole rings is 1. The van der Waals surface area contributed by atoms with Crippen molar-refractivity contribution in [3.63, 3.8) is 0 Å². The third-order valence-electron chi connectivity index (χ3n) is 4.03. The summed E-state index contributed by atoms with van der Waals surface area (Å²) in [6.45, 7) is 2.12. The number of aromatic nitrogens is 3. The fraction of sp³-hybridized carbons (Fsp3) is 0.182. The number of rotatable bonds is 7. The van der Waals surface area contributed by atoms with Gasteiger partial charge in [0.2, 0.25) is 0 Å². The molecule has 126 valence electrons. The van der Waals surface area contributed by atoms with Crippen molar-refractivity contribution < 1.29 is 0 Å². The Kier molecular flexibility index (Phi) is 5.94. The monoisotopic (exact) mass is 329 g/mol. The highest BCUT2D eigenvalue weighted by atomic mass is 14.9. The summed E-state index contributed by atoms with van der Waals surface area (Å²) in [4.78, 5) is 12.1. The molecular formula is C22H23N3. The van der Waals surface area contributed by atoms with Crippen molar-refractivity contribution in [1.82, 2.24) is 15.0 Å². The Morgan fingerprint density at radius 2 is 1.84 bits per heavy atom. The van der Waals surface area contributed by atoms with Gasteiger partial charge in [0.05, 0.1) is 17.6 Å². The van der Waals surface area contributed by atoms with E-state index in [9.17, 15) is 0 Å². The Hall–Kier alpha value is -2.94.